The van der Waals surface area contributed by atoms with E-state index in [1.807, 2.05) is 31.4 Å². The first kappa shape index (κ1) is 18.1. The Morgan fingerprint density at radius 1 is 1.27 bits per heavy atom. The molecule has 0 unspecified atom stereocenters. The van der Waals surface area contributed by atoms with Crippen LogP contribution >= 0.6 is 0 Å². The van der Waals surface area contributed by atoms with Crippen molar-refractivity contribution >= 4 is 26.8 Å². The minimum absolute atomic E-state index is 0.0299. The lowest BCUT2D eigenvalue weighted by atomic mass is 10.3. The predicted molar refractivity (Wildman–Crippen MR) is 98.0 cm³/mol. The summed E-state index contributed by atoms with van der Waals surface area (Å²) >= 11 is 0. The first-order valence-corrected chi connectivity index (χ1v) is 10.1. The van der Waals surface area contributed by atoms with Crippen LogP contribution in [0.2, 0.25) is 0 Å². The Bertz CT molecular complexity index is 1050. The maximum Gasteiger partial charge on any atom is 0.242 e. The number of carbonyl (C=O) groups is 1. The Morgan fingerprint density at radius 3 is 2.65 bits per heavy atom. The second-order valence-corrected chi connectivity index (χ2v) is 8.59. The third-order valence-electron chi connectivity index (χ3n) is 4.02. The van der Waals surface area contributed by atoms with Crippen molar-refractivity contribution in [3.05, 3.63) is 48.0 Å². The largest absolute Gasteiger partial charge is 0.340 e. The zero-order valence-corrected chi connectivity index (χ0v) is 15.8. The highest BCUT2D eigenvalue weighted by atomic mass is 32.2. The van der Waals surface area contributed by atoms with E-state index in [0.717, 1.165) is 17.3 Å². The molecule has 2 heterocycles. The summed E-state index contributed by atoms with van der Waals surface area (Å²) in [6, 6.07) is 7.32. The van der Waals surface area contributed by atoms with Gasteiger partial charge < -0.3 is 9.47 Å². The van der Waals surface area contributed by atoms with Gasteiger partial charge in [-0.2, -0.15) is 5.10 Å². The van der Waals surface area contributed by atoms with Crippen LogP contribution in [0.4, 0.5) is 0 Å². The van der Waals surface area contributed by atoms with Crippen LogP contribution in [0.1, 0.15) is 11.4 Å². The Morgan fingerprint density at radius 2 is 2.00 bits per heavy atom. The molecule has 0 aliphatic heterocycles. The molecule has 3 rings (SSSR count). The molecule has 0 fully saturated rings. The number of benzene rings is 1. The molecule has 0 spiro atoms. The fourth-order valence-corrected chi connectivity index (χ4v) is 3.51. The molecule has 0 aliphatic rings. The summed E-state index contributed by atoms with van der Waals surface area (Å²) in [5, 5.41) is 4.10. The van der Waals surface area contributed by atoms with Crippen molar-refractivity contribution in [3.8, 4) is 0 Å². The van der Waals surface area contributed by atoms with Crippen molar-refractivity contribution in [1.29, 1.82) is 0 Å². The molecule has 0 aliphatic carbocycles. The average molecular weight is 375 g/mol. The van der Waals surface area contributed by atoms with Crippen molar-refractivity contribution in [2.75, 3.05) is 13.3 Å². The van der Waals surface area contributed by atoms with Gasteiger partial charge in [0.2, 0.25) is 5.91 Å². The van der Waals surface area contributed by atoms with Crippen molar-refractivity contribution in [2.45, 2.75) is 18.8 Å². The Labute approximate surface area is 152 Å². The highest BCUT2D eigenvalue weighted by molar-refractivity contribution is 7.89. The number of sulfone groups is 1. The summed E-state index contributed by atoms with van der Waals surface area (Å²) in [5.41, 5.74) is 2.35. The molecule has 0 saturated carbocycles. The number of hydrogen-bond acceptors (Lipinski definition) is 5. The zero-order chi connectivity index (χ0) is 18.9. The summed E-state index contributed by atoms with van der Waals surface area (Å²) in [4.78, 5) is 18.7. The number of nitrogens with zero attached hydrogens (tertiary/aromatic N) is 5. The van der Waals surface area contributed by atoms with Crippen molar-refractivity contribution in [1.82, 2.24) is 24.2 Å². The van der Waals surface area contributed by atoms with Gasteiger partial charge in [-0.3, -0.25) is 9.48 Å². The summed E-state index contributed by atoms with van der Waals surface area (Å²) in [6.07, 6.45) is 4.73. The molecule has 0 atom stereocenters. The van der Waals surface area contributed by atoms with Crippen LogP contribution in [0, 0.1) is 0 Å². The number of para-hydroxylation sites is 2. The van der Waals surface area contributed by atoms with E-state index in [0.29, 0.717) is 17.9 Å². The van der Waals surface area contributed by atoms with Crippen molar-refractivity contribution in [2.24, 2.45) is 7.05 Å². The summed E-state index contributed by atoms with van der Waals surface area (Å²) in [7, 11) is 0.264. The molecule has 0 bridgehead atoms. The second-order valence-electron chi connectivity index (χ2n) is 6.45. The first-order valence-electron chi connectivity index (χ1n) is 8.06. The topological polar surface area (TPSA) is 90.1 Å². The summed E-state index contributed by atoms with van der Waals surface area (Å²) in [5.74, 6) is 0.0324. The molecule has 9 heteroatoms. The fourth-order valence-electron chi connectivity index (χ4n) is 2.82. The lowest BCUT2D eigenvalue weighted by molar-refractivity contribution is -0.131. The number of carbonyl (C=O) groups excluding carboxylic acids is 1. The Kier molecular flexibility index (Phi) is 4.82. The van der Waals surface area contributed by atoms with Crippen molar-refractivity contribution in [3.63, 3.8) is 0 Å². The highest BCUT2D eigenvalue weighted by Gasteiger charge is 2.19. The van der Waals surface area contributed by atoms with E-state index >= 15 is 0 Å². The molecule has 2 aromatic heterocycles. The number of imidazole rings is 1. The van der Waals surface area contributed by atoms with E-state index in [1.165, 1.54) is 0 Å². The van der Waals surface area contributed by atoms with Crippen LogP contribution in [0.15, 0.2) is 36.7 Å². The van der Waals surface area contributed by atoms with Crippen LogP contribution in [-0.2, 0) is 40.5 Å². The van der Waals surface area contributed by atoms with Gasteiger partial charge in [-0.25, -0.2) is 13.4 Å². The summed E-state index contributed by atoms with van der Waals surface area (Å²) in [6.45, 7) is 0.461. The average Bonchev–Trinajstić information content (AvgIpc) is 3.10. The van der Waals surface area contributed by atoms with Gasteiger partial charge in [0.1, 0.15) is 18.1 Å². The van der Waals surface area contributed by atoms with Gasteiger partial charge in [0, 0.05) is 38.7 Å². The number of fused-ring (bicyclic) bond motifs is 1. The molecule has 1 aromatic carbocycles. The zero-order valence-electron chi connectivity index (χ0n) is 15.0. The van der Waals surface area contributed by atoms with E-state index < -0.39 is 9.84 Å². The monoisotopic (exact) mass is 375 g/mol. The number of amides is 1. The molecular formula is C17H21N5O3S. The van der Waals surface area contributed by atoms with Gasteiger partial charge in [-0.05, 0) is 12.1 Å². The van der Waals surface area contributed by atoms with Gasteiger partial charge in [-0.1, -0.05) is 12.1 Å². The van der Waals surface area contributed by atoms with E-state index in [-0.39, 0.29) is 18.2 Å². The molecule has 0 N–H and O–H groups in total. The maximum atomic E-state index is 12.7. The van der Waals surface area contributed by atoms with Crippen molar-refractivity contribution < 1.29 is 13.2 Å². The van der Waals surface area contributed by atoms with Crippen LogP contribution < -0.4 is 0 Å². The molecule has 0 saturated heterocycles. The quantitative estimate of drug-likeness (QED) is 0.640. The van der Waals surface area contributed by atoms with Gasteiger partial charge in [0.15, 0.2) is 9.84 Å². The van der Waals surface area contributed by atoms with E-state index in [9.17, 15) is 13.2 Å². The fraction of sp³-hybridized carbons (Fsp3) is 0.353. The van der Waals surface area contributed by atoms with E-state index in [2.05, 4.69) is 10.1 Å². The van der Waals surface area contributed by atoms with Crippen LogP contribution in [0.5, 0.6) is 0 Å². The number of likely N-dealkylation sites (N-methyl/N-ethyl adjacent to an activating group) is 1. The predicted octanol–water partition coefficient (Wildman–Crippen LogP) is 0.973. The maximum absolute atomic E-state index is 12.7. The molecular weight excluding hydrogens is 354 g/mol. The molecule has 138 valence electrons. The smallest absolute Gasteiger partial charge is 0.242 e. The van der Waals surface area contributed by atoms with Gasteiger partial charge in [-0.15, -0.1) is 0 Å². The standard InChI is InChI=1S/C17H21N5O3S/c1-20(9-13-8-18-21(2)10-13)17(23)11-22-15-7-5-4-6-14(15)19-16(22)12-26(3,24)25/h4-8,10H,9,11-12H2,1-3H3. The van der Waals surface area contributed by atoms with Gasteiger partial charge in [0.05, 0.1) is 17.2 Å². The number of aryl methyl sites for hydroxylation is 1. The molecule has 3 aromatic rings. The highest BCUT2D eigenvalue weighted by Crippen LogP contribution is 2.18. The van der Waals surface area contributed by atoms with Gasteiger partial charge >= 0.3 is 0 Å². The van der Waals surface area contributed by atoms with Crippen LogP contribution in [-0.4, -0.2) is 51.9 Å². The molecule has 8 nitrogen and oxygen atoms in total. The van der Waals surface area contributed by atoms with E-state index in [1.54, 1.807) is 33.5 Å². The Balaban J connectivity index is 1.86. The molecule has 1 amide bonds. The third kappa shape index (κ3) is 4.10. The normalized spacial score (nSPS) is 11.8. The third-order valence-corrected chi connectivity index (χ3v) is 4.80. The second kappa shape index (κ2) is 6.91. The van der Waals surface area contributed by atoms with Crippen LogP contribution in [0.25, 0.3) is 11.0 Å². The van der Waals surface area contributed by atoms with Crippen LogP contribution in [0.3, 0.4) is 0 Å². The number of hydrogen-bond donors (Lipinski definition) is 0. The van der Waals surface area contributed by atoms with E-state index in [4.69, 9.17) is 0 Å². The minimum Gasteiger partial charge on any atom is -0.340 e. The number of aromatic nitrogens is 4. The first-order chi connectivity index (χ1) is 12.2. The summed E-state index contributed by atoms with van der Waals surface area (Å²) < 4.78 is 26.8. The lowest BCUT2D eigenvalue weighted by Gasteiger charge is -2.18. The molecule has 26 heavy (non-hydrogen) atoms. The SMILES string of the molecule is CN(Cc1cnn(C)c1)C(=O)Cn1c(CS(C)(=O)=O)nc2ccccc21. The molecule has 0 radical (unpaired) electrons. The minimum atomic E-state index is -3.27. The van der Waals surface area contributed by atoms with Gasteiger partial charge in [0.25, 0.3) is 0 Å². The number of rotatable bonds is 6. The lowest BCUT2D eigenvalue weighted by Crippen LogP contribution is -2.30. The Hall–Kier alpha value is -2.68.